The molecule has 1 amide bonds. The number of rotatable bonds is 7. The Kier molecular flexibility index (Phi) is 5.59. The average Bonchev–Trinajstić information content (AvgIpc) is 3.15. The van der Waals surface area contributed by atoms with Crippen LogP contribution in [0, 0.1) is 0 Å². The fraction of sp³-hybridized carbons (Fsp3) is 0.200. The van der Waals surface area contributed by atoms with Crippen molar-refractivity contribution in [1.29, 1.82) is 0 Å². The molecular weight excluding hydrogens is 314 g/mol. The third kappa shape index (κ3) is 4.78. The minimum Gasteiger partial charge on any atom is -0.364 e. The number of hydrogen-bond acceptors (Lipinski definition) is 3. The zero-order chi connectivity index (χ0) is 17.5. The predicted molar refractivity (Wildman–Crippen MR) is 96.6 cm³/mol. The van der Waals surface area contributed by atoms with Gasteiger partial charge in [-0.25, -0.2) is 4.98 Å². The fourth-order valence-electron chi connectivity index (χ4n) is 2.40. The molecule has 0 aliphatic rings. The largest absolute Gasteiger partial charge is 0.364 e. The number of aromatic amines is 1. The van der Waals surface area contributed by atoms with Crippen LogP contribution in [0.5, 0.6) is 0 Å². The van der Waals surface area contributed by atoms with Crippen molar-refractivity contribution in [1.82, 2.24) is 15.3 Å². The molecule has 5 nitrogen and oxygen atoms in total. The second-order valence-corrected chi connectivity index (χ2v) is 5.77. The highest BCUT2D eigenvalue weighted by atomic mass is 16.5. The highest BCUT2D eigenvalue weighted by molar-refractivity contribution is 5.80. The van der Waals surface area contributed by atoms with Crippen molar-refractivity contribution >= 4 is 5.91 Å². The van der Waals surface area contributed by atoms with Crippen LogP contribution in [-0.4, -0.2) is 22.0 Å². The number of amides is 1. The molecule has 0 aliphatic heterocycles. The van der Waals surface area contributed by atoms with Crippen LogP contribution >= 0.6 is 0 Å². The Morgan fingerprint density at radius 2 is 1.80 bits per heavy atom. The van der Waals surface area contributed by atoms with E-state index in [1.165, 1.54) is 0 Å². The molecule has 1 aromatic heterocycles. The van der Waals surface area contributed by atoms with Crippen molar-refractivity contribution in [3.8, 4) is 11.3 Å². The molecule has 0 fully saturated rings. The van der Waals surface area contributed by atoms with E-state index in [4.69, 9.17) is 4.74 Å². The molecule has 0 saturated carbocycles. The summed E-state index contributed by atoms with van der Waals surface area (Å²) in [5.41, 5.74) is 3.03. The SMILES string of the molecule is CC(OCc1ccccc1)C(=O)NCc1ncc(-c2ccccc2)[nH]1. The third-order valence-corrected chi connectivity index (χ3v) is 3.86. The van der Waals surface area contributed by atoms with Gasteiger partial charge in [-0.15, -0.1) is 0 Å². The zero-order valence-electron chi connectivity index (χ0n) is 14.1. The quantitative estimate of drug-likeness (QED) is 0.696. The highest BCUT2D eigenvalue weighted by Gasteiger charge is 2.13. The normalized spacial score (nSPS) is 11.9. The molecule has 0 saturated heterocycles. The van der Waals surface area contributed by atoms with Crippen LogP contribution in [0.25, 0.3) is 11.3 Å². The van der Waals surface area contributed by atoms with Gasteiger partial charge in [-0.2, -0.15) is 0 Å². The molecular formula is C20H21N3O2. The summed E-state index contributed by atoms with van der Waals surface area (Å²) in [5.74, 6) is 0.552. The number of nitrogens with zero attached hydrogens (tertiary/aromatic N) is 1. The predicted octanol–water partition coefficient (Wildman–Crippen LogP) is 3.30. The Labute approximate surface area is 147 Å². The topological polar surface area (TPSA) is 67.0 Å². The van der Waals surface area contributed by atoms with E-state index in [-0.39, 0.29) is 5.91 Å². The van der Waals surface area contributed by atoms with Crippen molar-refractivity contribution in [3.05, 3.63) is 78.2 Å². The Bertz CT molecular complexity index is 800. The first-order valence-corrected chi connectivity index (χ1v) is 8.25. The van der Waals surface area contributed by atoms with E-state index in [1.807, 2.05) is 60.7 Å². The maximum absolute atomic E-state index is 12.1. The lowest BCUT2D eigenvalue weighted by Gasteiger charge is -2.12. The molecule has 3 aromatic rings. The molecule has 2 N–H and O–H groups in total. The van der Waals surface area contributed by atoms with Gasteiger partial charge >= 0.3 is 0 Å². The van der Waals surface area contributed by atoms with Gasteiger partial charge in [0.25, 0.3) is 0 Å². The van der Waals surface area contributed by atoms with Crippen LogP contribution < -0.4 is 5.32 Å². The third-order valence-electron chi connectivity index (χ3n) is 3.86. The van der Waals surface area contributed by atoms with Gasteiger partial charge < -0.3 is 15.0 Å². The molecule has 1 heterocycles. The lowest BCUT2D eigenvalue weighted by atomic mass is 10.2. The van der Waals surface area contributed by atoms with Crippen molar-refractivity contribution in [2.75, 3.05) is 0 Å². The smallest absolute Gasteiger partial charge is 0.249 e. The van der Waals surface area contributed by atoms with Gasteiger partial charge in [0.1, 0.15) is 11.9 Å². The minimum atomic E-state index is -0.524. The van der Waals surface area contributed by atoms with E-state index in [0.29, 0.717) is 19.0 Å². The van der Waals surface area contributed by atoms with Gasteiger partial charge in [0.05, 0.1) is 25.0 Å². The Balaban J connectivity index is 1.48. The van der Waals surface area contributed by atoms with E-state index in [1.54, 1.807) is 13.1 Å². The molecule has 2 aromatic carbocycles. The summed E-state index contributed by atoms with van der Waals surface area (Å²) in [6.07, 6.45) is 1.25. The molecule has 128 valence electrons. The van der Waals surface area contributed by atoms with Gasteiger partial charge in [0, 0.05) is 0 Å². The summed E-state index contributed by atoms with van der Waals surface area (Å²) in [6.45, 7) is 2.49. The van der Waals surface area contributed by atoms with E-state index in [0.717, 1.165) is 16.8 Å². The molecule has 25 heavy (non-hydrogen) atoms. The van der Waals surface area contributed by atoms with Gasteiger partial charge in [0.2, 0.25) is 5.91 Å². The minimum absolute atomic E-state index is 0.159. The number of nitrogens with one attached hydrogen (secondary N) is 2. The summed E-state index contributed by atoms with van der Waals surface area (Å²) in [6, 6.07) is 19.7. The number of ether oxygens (including phenoxy) is 1. The van der Waals surface area contributed by atoms with Crippen LogP contribution in [-0.2, 0) is 22.7 Å². The summed E-state index contributed by atoms with van der Waals surface area (Å²) < 4.78 is 5.61. The molecule has 0 radical (unpaired) electrons. The molecule has 0 aliphatic carbocycles. The number of imidazole rings is 1. The highest BCUT2D eigenvalue weighted by Crippen LogP contribution is 2.15. The van der Waals surface area contributed by atoms with Crippen molar-refractivity contribution in [2.45, 2.75) is 26.2 Å². The number of benzene rings is 2. The van der Waals surface area contributed by atoms with Crippen LogP contribution in [0.1, 0.15) is 18.3 Å². The number of H-pyrrole nitrogens is 1. The van der Waals surface area contributed by atoms with Crippen molar-refractivity contribution in [3.63, 3.8) is 0 Å². The van der Waals surface area contributed by atoms with Gasteiger partial charge in [-0.1, -0.05) is 60.7 Å². The second kappa shape index (κ2) is 8.26. The molecule has 1 atom stereocenters. The zero-order valence-corrected chi connectivity index (χ0v) is 14.1. The lowest BCUT2D eigenvalue weighted by Crippen LogP contribution is -2.34. The van der Waals surface area contributed by atoms with E-state index in [9.17, 15) is 4.79 Å². The first-order valence-electron chi connectivity index (χ1n) is 8.25. The van der Waals surface area contributed by atoms with Gasteiger partial charge in [-0.3, -0.25) is 4.79 Å². The van der Waals surface area contributed by atoms with Crippen LogP contribution in [0.15, 0.2) is 66.9 Å². The van der Waals surface area contributed by atoms with Crippen LogP contribution in [0.2, 0.25) is 0 Å². The summed E-state index contributed by atoms with van der Waals surface area (Å²) in [4.78, 5) is 19.7. The molecule has 0 spiro atoms. The maximum Gasteiger partial charge on any atom is 0.249 e. The van der Waals surface area contributed by atoms with E-state index >= 15 is 0 Å². The van der Waals surface area contributed by atoms with Crippen molar-refractivity contribution < 1.29 is 9.53 Å². The summed E-state index contributed by atoms with van der Waals surface area (Å²) in [5, 5.41) is 2.84. The standard InChI is InChI=1S/C20H21N3O2/c1-15(25-14-16-8-4-2-5-9-16)20(24)22-13-19-21-12-18(23-19)17-10-6-3-7-11-17/h2-12,15H,13-14H2,1H3,(H,21,23)(H,22,24). The van der Waals surface area contributed by atoms with Crippen LogP contribution in [0.3, 0.4) is 0 Å². The lowest BCUT2D eigenvalue weighted by molar-refractivity contribution is -0.132. The van der Waals surface area contributed by atoms with E-state index in [2.05, 4.69) is 15.3 Å². The molecule has 0 bridgehead atoms. The average molecular weight is 335 g/mol. The number of aromatic nitrogens is 2. The second-order valence-electron chi connectivity index (χ2n) is 5.77. The number of carbonyl (C=O) groups excluding carboxylic acids is 1. The number of carbonyl (C=O) groups is 1. The Hall–Kier alpha value is -2.92. The first-order chi connectivity index (χ1) is 12.2. The molecule has 5 heteroatoms. The van der Waals surface area contributed by atoms with E-state index < -0.39 is 6.10 Å². The van der Waals surface area contributed by atoms with Gasteiger partial charge in [-0.05, 0) is 18.1 Å². The Morgan fingerprint density at radius 3 is 2.52 bits per heavy atom. The Morgan fingerprint density at radius 1 is 1.12 bits per heavy atom. The van der Waals surface area contributed by atoms with Crippen LogP contribution in [0.4, 0.5) is 0 Å². The monoisotopic (exact) mass is 335 g/mol. The number of hydrogen-bond donors (Lipinski definition) is 2. The summed E-state index contributed by atoms with van der Waals surface area (Å²) >= 11 is 0. The van der Waals surface area contributed by atoms with Gasteiger partial charge in [0.15, 0.2) is 0 Å². The molecule has 3 rings (SSSR count). The first kappa shape index (κ1) is 16.9. The molecule has 1 unspecified atom stereocenters. The van der Waals surface area contributed by atoms with Crippen molar-refractivity contribution in [2.24, 2.45) is 0 Å². The maximum atomic E-state index is 12.1. The summed E-state index contributed by atoms with van der Waals surface area (Å²) in [7, 11) is 0. The fourth-order valence-corrected chi connectivity index (χ4v) is 2.40.